The highest BCUT2D eigenvalue weighted by molar-refractivity contribution is 6.13. The van der Waals surface area contributed by atoms with Crippen LogP contribution in [0.4, 0.5) is 0 Å². The standard InChI is InChI=1S/C6H13BO2/c1-8-4-3-5(9-2)6(4)7/h4-6H,3,7H2,1-2H3. The molecule has 2 atom stereocenters. The average Bonchev–Trinajstić information content (AvgIpc) is 1.87. The van der Waals surface area contributed by atoms with Crippen molar-refractivity contribution >= 4 is 7.85 Å². The SMILES string of the molecule is BC1C(OC)CC1OC. The summed E-state index contributed by atoms with van der Waals surface area (Å²) < 4.78 is 10.3. The van der Waals surface area contributed by atoms with Crippen molar-refractivity contribution in [3.05, 3.63) is 0 Å². The van der Waals surface area contributed by atoms with Gasteiger partial charge in [-0.15, -0.1) is 0 Å². The molecule has 0 heterocycles. The van der Waals surface area contributed by atoms with E-state index in [0.717, 1.165) is 6.42 Å². The van der Waals surface area contributed by atoms with Gasteiger partial charge in [0.1, 0.15) is 7.85 Å². The third-order valence-electron chi connectivity index (χ3n) is 2.24. The molecule has 0 radical (unpaired) electrons. The molecule has 0 aromatic heterocycles. The van der Waals surface area contributed by atoms with Gasteiger partial charge in [-0.1, -0.05) is 0 Å². The van der Waals surface area contributed by atoms with Crippen LogP contribution in [0.25, 0.3) is 0 Å². The second-order valence-electron chi connectivity index (χ2n) is 2.64. The Labute approximate surface area is 56.9 Å². The third-order valence-corrected chi connectivity index (χ3v) is 2.24. The second kappa shape index (κ2) is 2.71. The third kappa shape index (κ3) is 1.12. The van der Waals surface area contributed by atoms with Crippen molar-refractivity contribution in [1.29, 1.82) is 0 Å². The Morgan fingerprint density at radius 1 is 1.22 bits per heavy atom. The lowest BCUT2D eigenvalue weighted by molar-refractivity contribution is -0.0679. The van der Waals surface area contributed by atoms with Crippen LogP contribution in [0.1, 0.15) is 6.42 Å². The van der Waals surface area contributed by atoms with Gasteiger partial charge in [-0.05, 0) is 12.2 Å². The normalized spacial score (nSPS) is 42.2. The van der Waals surface area contributed by atoms with Crippen LogP contribution in [-0.2, 0) is 9.47 Å². The van der Waals surface area contributed by atoms with Crippen LogP contribution in [-0.4, -0.2) is 34.3 Å². The molecule has 0 N–H and O–H groups in total. The minimum atomic E-state index is 0.440. The fourth-order valence-corrected chi connectivity index (χ4v) is 1.32. The van der Waals surface area contributed by atoms with Gasteiger partial charge in [-0.3, -0.25) is 0 Å². The summed E-state index contributed by atoms with van der Waals surface area (Å²) >= 11 is 0. The molecule has 1 fully saturated rings. The van der Waals surface area contributed by atoms with Crippen LogP contribution in [0.2, 0.25) is 5.82 Å². The summed E-state index contributed by atoms with van der Waals surface area (Å²) in [4.78, 5) is 0. The molecule has 0 aliphatic heterocycles. The van der Waals surface area contributed by atoms with Crippen molar-refractivity contribution in [2.45, 2.75) is 24.4 Å². The average molecular weight is 128 g/mol. The highest BCUT2D eigenvalue weighted by Gasteiger charge is 2.37. The molecule has 0 spiro atoms. The lowest BCUT2D eigenvalue weighted by Crippen LogP contribution is -2.43. The Balaban J connectivity index is 2.24. The van der Waals surface area contributed by atoms with E-state index in [2.05, 4.69) is 7.85 Å². The predicted octanol–water partition coefficient (Wildman–Crippen LogP) is -0.158. The van der Waals surface area contributed by atoms with E-state index in [1.54, 1.807) is 14.2 Å². The van der Waals surface area contributed by atoms with E-state index in [-0.39, 0.29) is 0 Å². The smallest absolute Gasteiger partial charge is 0.112 e. The molecule has 9 heavy (non-hydrogen) atoms. The Hall–Kier alpha value is -0.0151. The van der Waals surface area contributed by atoms with Crippen LogP contribution in [0, 0.1) is 0 Å². The quantitative estimate of drug-likeness (QED) is 0.481. The zero-order valence-electron chi connectivity index (χ0n) is 6.26. The van der Waals surface area contributed by atoms with Gasteiger partial charge in [0.05, 0.1) is 12.2 Å². The van der Waals surface area contributed by atoms with E-state index in [0.29, 0.717) is 18.0 Å². The Kier molecular flexibility index (Phi) is 2.14. The number of ether oxygens (including phenoxy) is 2. The maximum atomic E-state index is 5.15. The van der Waals surface area contributed by atoms with Crippen molar-refractivity contribution in [1.82, 2.24) is 0 Å². The summed E-state index contributed by atoms with van der Waals surface area (Å²) in [6.07, 6.45) is 1.94. The van der Waals surface area contributed by atoms with Crippen molar-refractivity contribution in [3.8, 4) is 0 Å². The summed E-state index contributed by atoms with van der Waals surface area (Å²) in [7, 11) is 5.67. The minimum Gasteiger partial charge on any atom is -0.382 e. The Bertz CT molecular complexity index is 87.1. The number of rotatable bonds is 2. The molecule has 52 valence electrons. The molecular weight excluding hydrogens is 115 g/mol. The zero-order chi connectivity index (χ0) is 6.85. The van der Waals surface area contributed by atoms with Crippen LogP contribution in [0.5, 0.6) is 0 Å². The molecule has 0 aromatic rings. The highest BCUT2D eigenvalue weighted by Crippen LogP contribution is 2.34. The molecule has 1 saturated carbocycles. The van der Waals surface area contributed by atoms with Gasteiger partial charge in [-0.2, -0.15) is 0 Å². The lowest BCUT2D eigenvalue weighted by Gasteiger charge is -2.40. The molecule has 0 aromatic carbocycles. The molecule has 0 bridgehead atoms. The van der Waals surface area contributed by atoms with Gasteiger partial charge >= 0.3 is 0 Å². The van der Waals surface area contributed by atoms with Crippen LogP contribution in [0.15, 0.2) is 0 Å². The fourth-order valence-electron chi connectivity index (χ4n) is 1.32. The maximum Gasteiger partial charge on any atom is 0.112 e. The van der Waals surface area contributed by atoms with Crippen molar-refractivity contribution in [3.63, 3.8) is 0 Å². The lowest BCUT2D eigenvalue weighted by atomic mass is 9.66. The number of hydrogen-bond acceptors (Lipinski definition) is 2. The summed E-state index contributed by atoms with van der Waals surface area (Å²) in [6, 6.07) is 0. The first-order chi connectivity index (χ1) is 4.29. The largest absolute Gasteiger partial charge is 0.382 e. The first-order valence-corrected chi connectivity index (χ1v) is 3.35. The molecule has 0 amide bonds. The number of hydrogen-bond donors (Lipinski definition) is 0. The van der Waals surface area contributed by atoms with Gasteiger partial charge in [0.2, 0.25) is 0 Å². The van der Waals surface area contributed by atoms with Gasteiger partial charge in [0, 0.05) is 14.2 Å². The van der Waals surface area contributed by atoms with Crippen molar-refractivity contribution in [2.75, 3.05) is 14.2 Å². The topological polar surface area (TPSA) is 18.5 Å². The molecule has 2 nitrogen and oxygen atoms in total. The Morgan fingerprint density at radius 3 is 1.89 bits per heavy atom. The second-order valence-corrected chi connectivity index (χ2v) is 2.64. The van der Waals surface area contributed by atoms with Gasteiger partial charge in [0.25, 0.3) is 0 Å². The maximum absolute atomic E-state index is 5.15. The van der Waals surface area contributed by atoms with Crippen LogP contribution >= 0.6 is 0 Å². The van der Waals surface area contributed by atoms with Crippen molar-refractivity contribution in [2.24, 2.45) is 0 Å². The monoisotopic (exact) mass is 128 g/mol. The van der Waals surface area contributed by atoms with E-state index in [4.69, 9.17) is 9.47 Å². The molecule has 0 saturated heterocycles. The van der Waals surface area contributed by atoms with Crippen LogP contribution < -0.4 is 0 Å². The predicted molar refractivity (Wildman–Crippen MR) is 38.5 cm³/mol. The van der Waals surface area contributed by atoms with E-state index >= 15 is 0 Å². The van der Waals surface area contributed by atoms with E-state index in [1.807, 2.05) is 0 Å². The molecule has 2 unspecified atom stereocenters. The summed E-state index contributed by atoms with van der Waals surface area (Å²) in [5.41, 5.74) is 0. The fraction of sp³-hybridized carbons (Fsp3) is 1.00. The van der Waals surface area contributed by atoms with Gasteiger partial charge in [0.15, 0.2) is 0 Å². The van der Waals surface area contributed by atoms with E-state index < -0.39 is 0 Å². The van der Waals surface area contributed by atoms with Crippen molar-refractivity contribution < 1.29 is 9.47 Å². The number of methoxy groups -OCH3 is 2. The summed E-state index contributed by atoms with van der Waals surface area (Å²) in [5, 5.41) is 0. The van der Waals surface area contributed by atoms with E-state index in [9.17, 15) is 0 Å². The first-order valence-electron chi connectivity index (χ1n) is 3.35. The summed E-state index contributed by atoms with van der Waals surface area (Å²) in [5.74, 6) is 0.583. The Morgan fingerprint density at radius 2 is 1.67 bits per heavy atom. The zero-order valence-corrected chi connectivity index (χ0v) is 6.26. The molecular formula is C6H13BO2. The first kappa shape index (κ1) is 7.10. The molecule has 1 aliphatic rings. The van der Waals surface area contributed by atoms with Gasteiger partial charge < -0.3 is 9.47 Å². The van der Waals surface area contributed by atoms with Gasteiger partial charge in [-0.25, -0.2) is 0 Å². The molecule has 1 aliphatic carbocycles. The molecule has 3 heteroatoms. The van der Waals surface area contributed by atoms with Crippen LogP contribution in [0.3, 0.4) is 0 Å². The van der Waals surface area contributed by atoms with E-state index in [1.165, 1.54) is 0 Å². The minimum absolute atomic E-state index is 0.440. The highest BCUT2D eigenvalue weighted by atomic mass is 16.5. The summed E-state index contributed by atoms with van der Waals surface area (Å²) in [6.45, 7) is 0. The molecule has 1 rings (SSSR count).